The Kier molecular flexibility index (Phi) is 3.63. The topological polar surface area (TPSA) is 57.8 Å². The van der Waals surface area contributed by atoms with Crippen molar-refractivity contribution in [1.82, 2.24) is 14.3 Å². The van der Waals surface area contributed by atoms with Gasteiger partial charge in [0.05, 0.1) is 11.1 Å². The van der Waals surface area contributed by atoms with Crippen LogP contribution in [-0.4, -0.2) is 44.5 Å². The van der Waals surface area contributed by atoms with Crippen LogP contribution in [0, 0.1) is 0 Å². The number of hydrogen-bond donors (Lipinski definition) is 1. The zero-order valence-corrected chi connectivity index (χ0v) is 12.8. The molecule has 0 bridgehead atoms. The molecule has 1 atom stereocenters. The van der Waals surface area contributed by atoms with Crippen LogP contribution in [0.25, 0.3) is 5.52 Å². The van der Waals surface area contributed by atoms with Gasteiger partial charge >= 0.3 is 5.97 Å². The van der Waals surface area contributed by atoms with Gasteiger partial charge in [0, 0.05) is 24.7 Å². The van der Waals surface area contributed by atoms with Gasteiger partial charge in [-0.05, 0) is 38.9 Å². The summed E-state index contributed by atoms with van der Waals surface area (Å²) in [4.78, 5) is 18.0. The molecule has 112 valence electrons. The second-order valence-electron chi connectivity index (χ2n) is 5.81. The van der Waals surface area contributed by atoms with Gasteiger partial charge in [-0.1, -0.05) is 11.6 Å². The summed E-state index contributed by atoms with van der Waals surface area (Å²) in [6.45, 7) is 6.33. The third-order valence-corrected chi connectivity index (χ3v) is 4.46. The number of carboxylic acids is 1. The van der Waals surface area contributed by atoms with Gasteiger partial charge in [-0.25, -0.2) is 9.78 Å². The Morgan fingerprint density at radius 3 is 2.86 bits per heavy atom. The molecular formula is C15H18ClN3O2. The van der Waals surface area contributed by atoms with E-state index in [2.05, 4.69) is 23.7 Å². The molecule has 1 aliphatic heterocycles. The number of nitrogens with zero attached hydrogens (tertiary/aromatic N) is 3. The highest BCUT2D eigenvalue weighted by Gasteiger charge is 2.29. The quantitative estimate of drug-likeness (QED) is 0.947. The van der Waals surface area contributed by atoms with E-state index < -0.39 is 5.97 Å². The van der Waals surface area contributed by atoms with Crippen molar-refractivity contribution in [2.24, 2.45) is 0 Å². The second kappa shape index (κ2) is 5.31. The lowest BCUT2D eigenvalue weighted by Gasteiger charge is -2.19. The molecule has 5 nitrogen and oxygen atoms in total. The van der Waals surface area contributed by atoms with E-state index in [9.17, 15) is 4.79 Å². The summed E-state index contributed by atoms with van der Waals surface area (Å²) in [6.07, 6.45) is 2.63. The van der Waals surface area contributed by atoms with Gasteiger partial charge in [-0.3, -0.25) is 0 Å². The first-order chi connectivity index (χ1) is 9.97. The number of likely N-dealkylation sites (tertiary alicyclic amines) is 1. The van der Waals surface area contributed by atoms with E-state index in [1.807, 2.05) is 4.40 Å². The van der Waals surface area contributed by atoms with E-state index in [1.165, 1.54) is 0 Å². The molecule has 1 fully saturated rings. The van der Waals surface area contributed by atoms with Crippen molar-refractivity contribution in [1.29, 1.82) is 0 Å². The number of carboxylic acid groups (broad SMARTS) is 1. The van der Waals surface area contributed by atoms with Crippen molar-refractivity contribution in [3.05, 3.63) is 34.9 Å². The van der Waals surface area contributed by atoms with Crippen molar-refractivity contribution in [2.45, 2.75) is 32.2 Å². The normalized spacial score (nSPS) is 19.7. The van der Waals surface area contributed by atoms with Crippen molar-refractivity contribution in [2.75, 3.05) is 13.1 Å². The number of pyridine rings is 1. The maximum Gasteiger partial charge on any atom is 0.337 e. The molecule has 0 radical (unpaired) electrons. The van der Waals surface area contributed by atoms with Crippen molar-refractivity contribution >= 4 is 23.1 Å². The van der Waals surface area contributed by atoms with Crippen LogP contribution >= 0.6 is 11.6 Å². The van der Waals surface area contributed by atoms with Crippen LogP contribution in [-0.2, 0) is 0 Å². The van der Waals surface area contributed by atoms with Crippen molar-refractivity contribution in [3.8, 4) is 0 Å². The summed E-state index contributed by atoms with van der Waals surface area (Å²) in [7, 11) is 0. The van der Waals surface area contributed by atoms with Gasteiger partial charge < -0.3 is 14.4 Å². The number of fused-ring (bicyclic) bond motifs is 1. The van der Waals surface area contributed by atoms with Crippen LogP contribution in [0.1, 0.15) is 42.4 Å². The van der Waals surface area contributed by atoms with Gasteiger partial charge in [-0.2, -0.15) is 0 Å². The zero-order valence-electron chi connectivity index (χ0n) is 12.1. The standard InChI is InChI=1S/C15H18ClN3O2/c1-9(2)18-6-5-10(7-18)14-17-13(16)12-4-3-11(15(20)21)8-19(12)14/h3-4,8-10H,5-7H2,1-2H3,(H,20,21). The Labute approximate surface area is 128 Å². The minimum Gasteiger partial charge on any atom is -0.478 e. The van der Waals surface area contributed by atoms with Crippen molar-refractivity contribution < 1.29 is 9.90 Å². The number of rotatable bonds is 3. The molecule has 21 heavy (non-hydrogen) atoms. The Morgan fingerprint density at radius 1 is 1.48 bits per heavy atom. The highest BCUT2D eigenvalue weighted by atomic mass is 35.5. The lowest BCUT2D eigenvalue weighted by molar-refractivity contribution is 0.0696. The maximum atomic E-state index is 11.2. The first-order valence-electron chi connectivity index (χ1n) is 7.12. The van der Waals surface area contributed by atoms with Gasteiger partial charge in [-0.15, -0.1) is 0 Å². The molecule has 0 amide bonds. The molecule has 2 aromatic rings. The van der Waals surface area contributed by atoms with E-state index in [4.69, 9.17) is 16.7 Å². The number of imidazole rings is 1. The van der Waals surface area contributed by atoms with Gasteiger partial charge in [0.15, 0.2) is 5.15 Å². The maximum absolute atomic E-state index is 11.2. The van der Waals surface area contributed by atoms with Gasteiger partial charge in [0.1, 0.15) is 5.82 Å². The van der Waals surface area contributed by atoms with E-state index in [0.29, 0.717) is 11.2 Å². The molecule has 3 heterocycles. The number of aromatic nitrogens is 2. The van der Waals surface area contributed by atoms with Crippen LogP contribution in [0.3, 0.4) is 0 Å². The summed E-state index contributed by atoms with van der Waals surface area (Å²) in [6, 6.07) is 3.79. The Morgan fingerprint density at radius 2 is 2.24 bits per heavy atom. The summed E-state index contributed by atoms with van der Waals surface area (Å²) >= 11 is 6.19. The molecule has 0 aromatic carbocycles. The molecule has 1 saturated heterocycles. The lowest BCUT2D eigenvalue weighted by atomic mass is 10.1. The largest absolute Gasteiger partial charge is 0.478 e. The molecule has 0 aliphatic carbocycles. The monoisotopic (exact) mass is 307 g/mol. The summed E-state index contributed by atoms with van der Waals surface area (Å²) in [5, 5.41) is 9.58. The Balaban J connectivity index is 2.02. The predicted molar refractivity (Wildman–Crippen MR) is 81.2 cm³/mol. The Bertz CT molecular complexity index is 696. The number of halogens is 1. The molecule has 1 N–H and O–H groups in total. The van der Waals surface area contributed by atoms with Crippen LogP contribution < -0.4 is 0 Å². The van der Waals surface area contributed by atoms with E-state index >= 15 is 0 Å². The third kappa shape index (κ3) is 2.51. The number of hydrogen-bond acceptors (Lipinski definition) is 3. The minimum absolute atomic E-state index is 0.247. The molecule has 3 rings (SSSR count). The molecule has 0 saturated carbocycles. The zero-order chi connectivity index (χ0) is 15.1. The highest BCUT2D eigenvalue weighted by Crippen LogP contribution is 2.31. The van der Waals surface area contributed by atoms with Crippen LogP contribution in [0.4, 0.5) is 0 Å². The molecule has 1 aliphatic rings. The summed E-state index contributed by atoms with van der Waals surface area (Å²) in [5.41, 5.74) is 1.01. The fourth-order valence-corrected chi connectivity index (χ4v) is 3.19. The summed E-state index contributed by atoms with van der Waals surface area (Å²) < 4.78 is 1.83. The lowest BCUT2D eigenvalue weighted by Crippen LogP contribution is -2.28. The van der Waals surface area contributed by atoms with Gasteiger partial charge in [0.2, 0.25) is 0 Å². The number of carbonyl (C=O) groups is 1. The smallest absolute Gasteiger partial charge is 0.337 e. The molecular weight excluding hydrogens is 290 g/mol. The second-order valence-corrected chi connectivity index (χ2v) is 6.17. The first kappa shape index (κ1) is 14.4. The molecule has 6 heteroatoms. The Hall–Kier alpha value is -1.59. The fraction of sp³-hybridized carbons (Fsp3) is 0.467. The predicted octanol–water partition coefficient (Wildman–Crippen LogP) is 2.88. The van der Waals surface area contributed by atoms with Crippen LogP contribution in [0.5, 0.6) is 0 Å². The highest BCUT2D eigenvalue weighted by molar-refractivity contribution is 6.32. The fourth-order valence-electron chi connectivity index (χ4n) is 2.95. The number of aromatic carboxylic acids is 1. The summed E-state index contributed by atoms with van der Waals surface area (Å²) in [5.74, 6) is 0.209. The minimum atomic E-state index is -0.942. The van der Waals surface area contributed by atoms with Gasteiger partial charge in [0.25, 0.3) is 0 Å². The third-order valence-electron chi connectivity index (χ3n) is 4.18. The first-order valence-corrected chi connectivity index (χ1v) is 7.50. The van der Waals surface area contributed by atoms with Crippen LogP contribution in [0.15, 0.2) is 18.3 Å². The van der Waals surface area contributed by atoms with Crippen LogP contribution in [0.2, 0.25) is 5.15 Å². The SMILES string of the molecule is CC(C)N1CCC(c2nc(Cl)c3ccc(C(=O)O)cn23)C1. The van der Waals surface area contributed by atoms with E-state index in [-0.39, 0.29) is 11.5 Å². The van der Waals surface area contributed by atoms with E-state index in [1.54, 1.807) is 18.3 Å². The van der Waals surface area contributed by atoms with Crippen molar-refractivity contribution in [3.63, 3.8) is 0 Å². The van der Waals surface area contributed by atoms with E-state index in [0.717, 1.165) is 30.9 Å². The molecule has 2 aromatic heterocycles. The molecule has 1 unspecified atom stereocenters. The average molecular weight is 308 g/mol. The average Bonchev–Trinajstić information content (AvgIpc) is 3.03. The molecule has 0 spiro atoms.